The Morgan fingerprint density at radius 2 is 2.22 bits per heavy atom. The Bertz CT molecular complexity index is 584. The first kappa shape index (κ1) is 12.3. The summed E-state index contributed by atoms with van der Waals surface area (Å²) in [5.41, 5.74) is -0.0301. The molecule has 0 fully saturated rings. The first-order valence-electron chi connectivity index (χ1n) is 4.99. The van der Waals surface area contributed by atoms with Gasteiger partial charge >= 0.3 is 5.97 Å². The van der Waals surface area contributed by atoms with Crippen molar-refractivity contribution >= 4 is 39.4 Å². The molecule has 0 aliphatic heterocycles. The van der Waals surface area contributed by atoms with Crippen LogP contribution < -0.4 is 0 Å². The van der Waals surface area contributed by atoms with E-state index >= 15 is 0 Å². The molecule has 0 aliphatic rings. The summed E-state index contributed by atoms with van der Waals surface area (Å²) in [6.45, 7) is -0.587. The van der Waals surface area contributed by atoms with Gasteiger partial charge in [0.1, 0.15) is 0 Å². The van der Waals surface area contributed by atoms with E-state index in [4.69, 9.17) is 5.11 Å². The SMILES string of the molecule is O=[C]C(=NOCC(=O)O)c1cc2ccccc2s1. The van der Waals surface area contributed by atoms with Gasteiger partial charge in [-0.3, -0.25) is 4.79 Å². The van der Waals surface area contributed by atoms with Crippen molar-refractivity contribution in [3.63, 3.8) is 0 Å². The molecule has 2 rings (SSSR count). The van der Waals surface area contributed by atoms with Gasteiger partial charge in [-0.05, 0) is 17.5 Å². The third-order valence-electron chi connectivity index (χ3n) is 2.10. The monoisotopic (exact) mass is 262 g/mol. The maximum atomic E-state index is 10.8. The first-order chi connectivity index (χ1) is 8.70. The normalized spacial score (nSPS) is 11.4. The third kappa shape index (κ3) is 2.72. The molecule has 0 amide bonds. The van der Waals surface area contributed by atoms with Crippen LogP contribution in [0.4, 0.5) is 0 Å². The lowest BCUT2D eigenvalue weighted by molar-refractivity contribution is -0.142. The molecule has 1 heterocycles. The van der Waals surface area contributed by atoms with Gasteiger partial charge in [-0.2, -0.15) is 0 Å². The molecule has 0 atom stereocenters. The highest BCUT2D eigenvalue weighted by Gasteiger charge is 2.09. The van der Waals surface area contributed by atoms with Crippen molar-refractivity contribution in [1.82, 2.24) is 0 Å². The quantitative estimate of drug-likeness (QED) is 0.658. The number of benzene rings is 1. The maximum absolute atomic E-state index is 10.8. The topological polar surface area (TPSA) is 76.0 Å². The van der Waals surface area contributed by atoms with E-state index in [0.29, 0.717) is 4.88 Å². The number of fused-ring (bicyclic) bond motifs is 1. The van der Waals surface area contributed by atoms with Gasteiger partial charge in [-0.15, -0.1) is 11.3 Å². The van der Waals surface area contributed by atoms with Gasteiger partial charge in [0.25, 0.3) is 6.29 Å². The average Bonchev–Trinajstić information content (AvgIpc) is 2.77. The second-order valence-corrected chi connectivity index (χ2v) is 4.44. The van der Waals surface area contributed by atoms with Crippen LogP contribution >= 0.6 is 11.3 Å². The third-order valence-corrected chi connectivity index (χ3v) is 3.22. The lowest BCUT2D eigenvalue weighted by atomic mass is 10.2. The van der Waals surface area contributed by atoms with Gasteiger partial charge in [-0.1, -0.05) is 23.4 Å². The first-order valence-corrected chi connectivity index (χ1v) is 5.81. The molecular formula is C12H8NO4S. The van der Waals surface area contributed by atoms with Crippen LogP contribution in [-0.4, -0.2) is 29.7 Å². The Labute approximate surface area is 106 Å². The lowest BCUT2D eigenvalue weighted by Gasteiger charge is -1.94. The Balaban J connectivity index is 2.26. The molecule has 0 unspecified atom stereocenters. The van der Waals surface area contributed by atoms with E-state index in [2.05, 4.69) is 9.99 Å². The number of oxime groups is 1. The van der Waals surface area contributed by atoms with Crippen LogP contribution in [0.1, 0.15) is 4.88 Å². The summed E-state index contributed by atoms with van der Waals surface area (Å²) < 4.78 is 1.01. The van der Waals surface area contributed by atoms with Gasteiger partial charge in [0.05, 0.1) is 4.88 Å². The highest BCUT2D eigenvalue weighted by atomic mass is 32.1. The number of aliphatic carboxylic acids is 1. The van der Waals surface area contributed by atoms with Crippen molar-refractivity contribution in [2.75, 3.05) is 6.61 Å². The van der Waals surface area contributed by atoms with Gasteiger partial charge in [0.15, 0.2) is 5.71 Å². The van der Waals surface area contributed by atoms with E-state index in [1.165, 1.54) is 11.3 Å². The minimum atomic E-state index is -1.15. The van der Waals surface area contributed by atoms with E-state index in [0.717, 1.165) is 10.1 Å². The van der Waals surface area contributed by atoms with Crippen LogP contribution in [-0.2, 0) is 14.4 Å². The molecule has 5 nitrogen and oxygen atoms in total. The number of hydrogen-bond donors (Lipinski definition) is 1. The zero-order valence-corrected chi connectivity index (χ0v) is 9.94. The number of rotatable bonds is 5. The number of carbonyl (C=O) groups excluding carboxylic acids is 1. The standard InChI is InChI=1S/C12H8NO4S/c14-6-9(13-17-7-12(15)16)11-5-8-3-1-2-4-10(8)18-11/h1-5H,7H2,(H,15,16). The fraction of sp³-hybridized carbons (Fsp3) is 0.0833. The largest absolute Gasteiger partial charge is 0.479 e. The van der Waals surface area contributed by atoms with Crippen molar-refractivity contribution in [3.05, 3.63) is 35.2 Å². The molecule has 1 aromatic heterocycles. The second kappa shape index (κ2) is 5.42. The maximum Gasteiger partial charge on any atom is 0.344 e. The highest BCUT2D eigenvalue weighted by molar-refractivity contribution is 7.21. The summed E-state index contributed by atoms with van der Waals surface area (Å²) in [5.74, 6) is -1.15. The number of carboxylic acids is 1. The van der Waals surface area contributed by atoms with Gasteiger partial charge in [0, 0.05) is 4.70 Å². The van der Waals surface area contributed by atoms with Gasteiger partial charge in [-0.25, -0.2) is 4.79 Å². The minimum absolute atomic E-state index is 0.0301. The van der Waals surface area contributed by atoms with Crippen LogP contribution in [0.25, 0.3) is 10.1 Å². The summed E-state index contributed by atoms with van der Waals surface area (Å²) in [6, 6.07) is 9.40. The molecule has 0 saturated carbocycles. The number of thiophene rings is 1. The van der Waals surface area contributed by atoms with E-state index in [1.54, 1.807) is 12.4 Å². The van der Waals surface area contributed by atoms with Crippen LogP contribution in [0.2, 0.25) is 0 Å². The molecule has 1 aromatic carbocycles. The molecule has 0 aliphatic carbocycles. The molecule has 0 bridgehead atoms. The number of carbonyl (C=O) groups is 1. The average molecular weight is 262 g/mol. The zero-order valence-electron chi connectivity index (χ0n) is 9.12. The predicted molar refractivity (Wildman–Crippen MR) is 67.6 cm³/mol. The van der Waals surface area contributed by atoms with Crippen LogP contribution in [0.5, 0.6) is 0 Å². The summed E-state index contributed by atoms with van der Waals surface area (Å²) >= 11 is 1.37. The van der Waals surface area contributed by atoms with E-state index < -0.39 is 12.6 Å². The smallest absolute Gasteiger partial charge is 0.344 e. The minimum Gasteiger partial charge on any atom is -0.479 e. The molecule has 0 spiro atoms. The van der Waals surface area contributed by atoms with Gasteiger partial charge in [0.2, 0.25) is 6.61 Å². The molecule has 2 aromatic rings. The second-order valence-electron chi connectivity index (χ2n) is 3.36. The Morgan fingerprint density at radius 1 is 1.44 bits per heavy atom. The van der Waals surface area contributed by atoms with Crippen molar-refractivity contribution in [2.45, 2.75) is 0 Å². The fourth-order valence-electron chi connectivity index (χ4n) is 1.36. The number of hydrogen-bond acceptors (Lipinski definition) is 5. The molecule has 0 saturated heterocycles. The molecule has 91 valence electrons. The number of carboxylic acid groups (broad SMARTS) is 1. The molecule has 6 heteroatoms. The van der Waals surface area contributed by atoms with Crippen LogP contribution in [0.3, 0.4) is 0 Å². The van der Waals surface area contributed by atoms with E-state index in [1.807, 2.05) is 24.3 Å². The zero-order chi connectivity index (χ0) is 13.0. The van der Waals surface area contributed by atoms with E-state index in [9.17, 15) is 9.59 Å². The van der Waals surface area contributed by atoms with Crippen molar-refractivity contribution in [3.8, 4) is 0 Å². The Hall–Kier alpha value is -2.21. The Kier molecular flexibility index (Phi) is 3.69. The van der Waals surface area contributed by atoms with Crippen molar-refractivity contribution in [1.29, 1.82) is 0 Å². The number of nitrogens with zero attached hydrogens (tertiary/aromatic N) is 1. The molecule has 18 heavy (non-hydrogen) atoms. The van der Waals surface area contributed by atoms with Crippen LogP contribution in [0.15, 0.2) is 35.5 Å². The summed E-state index contributed by atoms with van der Waals surface area (Å²) in [7, 11) is 0. The predicted octanol–water partition coefficient (Wildman–Crippen LogP) is 1.82. The molecule has 1 N–H and O–H groups in total. The molecular weight excluding hydrogens is 254 g/mol. The molecule has 1 radical (unpaired) electrons. The van der Waals surface area contributed by atoms with Gasteiger partial charge < -0.3 is 9.94 Å². The summed E-state index contributed by atoms with van der Waals surface area (Å²) in [5, 5.41) is 12.8. The van der Waals surface area contributed by atoms with E-state index in [-0.39, 0.29) is 5.71 Å². The summed E-state index contributed by atoms with van der Waals surface area (Å²) in [6.07, 6.45) is 1.65. The van der Waals surface area contributed by atoms with Crippen LogP contribution in [0, 0.1) is 0 Å². The fourth-order valence-corrected chi connectivity index (χ4v) is 2.35. The Morgan fingerprint density at radius 3 is 2.89 bits per heavy atom. The van der Waals surface area contributed by atoms with Crippen molar-refractivity contribution in [2.24, 2.45) is 5.16 Å². The summed E-state index contributed by atoms with van der Waals surface area (Å²) in [4.78, 5) is 26.2. The lowest BCUT2D eigenvalue weighted by Crippen LogP contribution is -2.07. The van der Waals surface area contributed by atoms with Crippen molar-refractivity contribution < 1.29 is 19.5 Å². The highest BCUT2D eigenvalue weighted by Crippen LogP contribution is 2.25.